The fourth-order valence-corrected chi connectivity index (χ4v) is 5.03. The molecule has 0 aliphatic rings. The third kappa shape index (κ3) is 8.78. The lowest BCUT2D eigenvalue weighted by molar-refractivity contribution is -0.104. The van der Waals surface area contributed by atoms with Crippen LogP contribution in [-0.4, -0.2) is 57.7 Å². The van der Waals surface area contributed by atoms with E-state index in [0.717, 1.165) is 0 Å². The van der Waals surface area contributed by atoms with Crippen molar-refractivity contribution >= 4 is 23.9 Å². The molecule has 1 heterocycles. The smallest absolute Gasteiger partial charge is 0.338 e. The van der Waals surface area contributed by atoms with Crippen LogP contribution in [0.2, 0.25) is 0 Å². The van der Waals surface area contributed by atoms with Crippen molar-refractivity contribution in [1.29, 1.82) is 0 Å². The highest BCUT2D eigenvalue weighted by molar-refractivity contribution is 5.91. The highest BCUT2D eigenvalue weighted by Gasteiger charge is 2.42. The Morgan fingerprint density at radius 2 is 0.922 bits per heavy atom. The zero-order chi connectivity index (χ0) is 35.4. The SMILES string of the molecule is O=C(OC[C@@H](OC(=O)c1ccccc1)[C@@H](OC(=O)c1ccccc1)[C@H](OC(=O)c1ccccc1)c1cnn(-c2ccccc2)n1)c1ccccc1. The molecule has 0 amide bonds. The lowest BCUT2D eigenvalue weighted by Gasteiger charge is -2.31. The van der Waals surface area contributed by atoms with E-state index in [1.807, 2.05) is 6.07 Å². The van der Waals surface area contributed by atoms with Gasteiger partial charge in [0.1, 0.15) is 12.3 Å². The van der Waals surface area contributed by atoms with Gasteiger partial charge in [0, 0.05) is 0 Å². The molecule has 5 aromatic carbocycles. The number of carbonyl (C=O) groups excluding carboxylic acids is 4. The highest BCUT2D eigenvalue weighted by Crippen LogP contribution is 2.30. The van der Waals surface area contributed by atoms with Gasteiger partial charge in [-0.1, -0.05) is 91.0 Å². The lowest BCUT2D eigenvalue weighted by Crippen LogP contribution is -2.44. The molecule has 6 aromatic rings. The Bertz CT molecular complexity index is 2060. The topological polar surface area (TPSA) is 136 Å². The van der Waals surface area contributed by atoms with Gasteiger partial charge in [0.15, 0.2) is 18.3 Å². The maximum atomic E-state index is 13.7. The van der Waals surface area contributed by atoms with Crippen molar-refractivity contribution in [2.75, 3.05) is 6.61 Å². The first-order chi connectivity index (χ1) is 25.0. The second-order valence-corrected chi connectivity index (χ2v) is 11.1. The Kier molecular flexibility index (Phi) is 11.0. The first-order valence-corrected chi connectivity index (χ1v) is 15.9. The summed E-state index contributed by atoms with van der Waals surface area (Å²) < 4.78 is 23.8. The predicted octanol–water partition coefficient (Wildman–Crippen LogP) is 6.47. The predicted molar refractivity (Wildman–Crippen MR) is 184 cm³/mol. The largest absolute Gasteiger partial charge is 0.458 e. The van der Waals surface area contributed by atoms with Gasteiger partial charge >= 0.3 is 23.9 Å². The summed E-state index contributed by atoms with van der Waals surface area (Å²) in [6.07, 6.45) is -3.30. The van der Waals surface area contributed by atoms with Crippen molar-refractivity contribution in [3.8, 4) is 5.69 Å². The van der Waals surface area contributed by atoms with Gasteiger partial charge in [0.05, 0.1) is 34.1 Å². The zero-order valence-corrected chi connectivity index (χ0v) is 27.1. The average molecular weight is 682 g/mol. The number of para-hydroxylation sites is 1. The standard InChI is InChI=1S/C40H31N3O8/c44-37(28-16-6-1-7-17-28)48-27-34(49-38(45)29-18-8-2-9-19-29)36(51-40(47)31-22-12-4-13-23-31)35(50-39(46)30-20-10-3-11-21-30)33-26-41-43(42-33)32-24-14-5-15-25-32/h1-26,34-36H,27H2/t34-,35-,36-/m1/s1. The molecule has 0 N–H and O–H groups in total. The summed E-state index contributed by atoms with van der Waals surface area (Å²) in [4.78, 5) is 55.5. The fourth-order valence-electron chi connectivity index (χ4n) is 5.03. The lowest BCUT2D eigenvalue weighted by atomic mass is 10.0. The van der Waals surface area contributed by atoms with Crippen LogP contribution in [0.3, 0.4) is 0 Å². The maximum absolute atomic E-state index is 13.7. The first-order valence-electron chi connectivity index (χ1n) is 15.9. The highest BCUT2D eigenvalue weighted by atomic mass is 16.6. The Morgan fingerprint density at radius 1 is 0.510 bits per heavy atom. The molecule has 0 aliphatic heterocycles. The first kappa shape index (κ1) is 34.0. The molecule has 0 saturated carbocycles. The van der Waals surface area contributed by atoms with E-state index in [4.69, 9.17) is 18.9 Å². The summed E-state index contributed by atoms with van der Waals surface area (Å²) in [5, 5.41) is 8.95. The van der Waals surface area contributed by atoms with Gasteiger partial charge < -0.3 is 18.9 Å². The molecule has 0 aliphatic carbocycles. The Morgan fingerprint density at radius 3 is 1.41 bits per heavy atom. The van der Waals surface area contributed by atoms with Crippen LogP contribution >= 0.6 is 0 Å². The average Bonchev–Trinajstić information content (AvgIpc) is 3.69. The number of benzene rings is 5. The number of aromatic nitrogens is 3. The van der Waals surface area contributed by atoms with Crippen LogP contribution in [0.4, 0.5) is 0 Å². The molecule has 254 valence electrons. The van der Waals surface area contributed by atoms with E-state index in [0.29, 0.717) is 5.69 Å². The van der Waals surface area contributed by atoms with Crippen LogP contribution in [0.25, 0.3) is 5.69 Å². The summed E-state index contributed by atoms with van der Waals surface area (Å²) in [5.74, 6) is -3.15. The number of hydrogen-bond acceptors (Lipinski definition) is 10. The molecule has 11 heteroatoms. The third-order valence-electron chi connectivity index (χ3n) is 7.61. The number of esters is 4. The van der Waals surface area contributed by atoms with Gasteiger partial charge in [-0.3, -0.25) is 0 Å². The second-order valence-electron chi connectivity index (χ2n) is 11.1. The van der Waals surface area contributed by atoms with Crippen molar-refractivity contribution in [2.45, 2.75) is 18.3 Å². The van der Waals surface area contributed by atoms with E-state index in [-0.39, 0.29) is 27.9 Å². The summed E-state index contributed by atoms with van der Waals surface area (Å²) in [6, 6.07) is 41.6. The maximum Gasteiger partial charge on any atom is 0.338 e. The van der Waals surface area contributed by atoms with Crippen LogP contribution in [0, 0.1) is 0 Å². The van der Waals surface area contributed by atoms with Gasteiger partial charge in [-0.25, -0.2) is 19.2 Å². The van der Waals surface area contributed by atoms with E-state index in [9.17, 15) is 19.2 Å². The van der Waals surface area contributed by atoms with Gasteiger partial charge in [-0.2, -0.15) is 9.90 Å². The summed E-state index contributed by atoms with van der Waals surface area (Å²) in [7, 11) is 0. The number of rotatable bonds is 13. The van der Waals surface area contributed by atoms with Crippen LogP contribution < -0.4 is 0 Å². The van der Waals surface area contributed by atoms with Crippen molar-refractivity contribution in [1.82, 2.24) is 15.0 Å². The molecule has 0 bridgehead atoms. The van der Waals surface area contributed by atoms with Crippen molar-refractivity contribution < 1.29 is 38.1 Å². The number of ether oxygens (including phenoxy) is 4. The molecule has 51 heavy (non-hydrogen) atoms. The summed E-state index contributed by atoms with van der Waals surface area (Å²) in [6.45, 7) is -0.592. The monoisotopic (exact) mass is 681 g/mol. The Labute approximate surface area is 293 Å². The molecule has 0 radical (unpaired) electrons. The summed E-state index contributed by atoms with van der Waals surface area (Å²) in [5.41, 5.74) is 1.43. The van der Waals surface area contributed by atoms with E-state index >= 15 is 0 Å². The Balaban J connectivity index is 1.44. The van der Waals surface area contributed by atoms with Crippen molar-refractivity contribution in [3.63, 3.8) is 0 Å². The second kappa shape index (κ2) is 16.5. The van der Waals surface area contributed by atoms with E-state index < -0.39 is 48.8 Å². The Hall–Kier alpha value is -6.88. The van der Waals surface area contributed by atoms with Gasteiger partial charge in [-0.15, -0.1) is 5.10 Å². The van der Waals surface area contributed by atoms with E-state index in [1.54, 1.807) is 133 Å². The zero-order valence-electron chi connectivity index (χ0n) is 27.1. The molecule has 1 aromatic heterocycles. The molecule has 11 nitrogen and oxygen atoms in total. The number of hydrogen-bond donors (Lipinski definition) is 0. The molecular weight excluding hydrogens is 650 g/mol. The van der Waals surface area contributed by atoms with E-state index in [2.05, 4.69) is 10.2 Å². The van der Waals surface area contributed by atoms with Crippen molar-refractivity contribution in [2.24, 2.45) is 0 Å². The van der Waals surface area contributed by atoms with Crippen LogP contribution in [-0.2, 0) is 18.9 Å². The van der Waals surface area contributed by atoms with Gasteiger partial charge in [-0.05, 0) is 60.7 Å². The number of carbonyl (C=O) groups is 4. The minimum atomic E-state index is -1.61. The minimum absolute atomic E-state index is 0.0594. The quantitative estimate of drug-likeness (QED) is 0.0985. The molecule has 0 saturated heterocycles. The fraction of sp³-hybridized carbons (Fsp3) is 0.100. The molecular formula is C40H31N3O8. The van der Waals surface area contributed by atoms with Crippen molar-refractivity contribution in [3.05, 3.63) is 186 Å². The normalized spacial score (nSPS) is 12.5. The molecule has 0 unspecified atom stereocenters. The van der Waals surface area contributed by atoms with Crippen LogP contribution in [0.1, 0.15) is 53.2 Å². The molecule has 3 atom stereocenters. The van der Waals surface area contributed by atoms with E-state index in [1.165, 1.54) is 23.1 Å². The van der Waals surface area contributed by atoms with Crippen LogP contribution in [0.15, 0.2) is 158 Å². The number of nitrogens with zero attached hydrogens (tertiary/aromatic N) is 3. The van der Waals surface area contributed by atoms with Gasteiger partial charge in [0.2, 0.25) is 0 Å². The minimum Gasteiger partial charge on any atom is -0.458 e. The third-order valence-corrected chi connectivity index (χ3v) is 7.61. The van der Waals surface area contributed by atoms with Crippen LogP contribution in [0.5, 0.6) is 0 Å². The summed E-state index contributed by atoms with van der Waals surface area (Å²) >= 11 is 0. The molecule has 0 fully saturated rings. The molecule has 6 rings (SSSR count). The molecule has 0 spiro atoms. The van der Waals surface area contributed by atoms with Gasteiger partial charge in [0.25, 0.3) is 0 Å².